The van der Waals surface area contributed by atoms with Gasteiger partial charge in [0.1, 0.15) is 16.9 Å². The first kappa shape index (κ1) is 29.2. The maximum Gasteiger partial charge on any atom is 0.342 e. The first-order chi connectivity index (χ1) is 20.5. The van der Waals surface area contributed by atoms with E-state index in [1.165, 1.54) is 42.5 Å². The van der Waals surface area contributed by atoms with Crippen molar-refractivity contribution < 1.29 is 32.1 Å². The van der Waals surface area contributed by atoms with Gasteiger partial charge in [-0.1, -0.05) is 48.5 Å². The molecule has 0 unspecified atom stereocenters. The van der Waals surface area contributed by atoms with Crippen molar-refractivity contribution in [1.29, 1.82) is 0 Å². The lowest BCUT2D eigenvalue weighted by Gasteiger charge is -2.24. The molecule has 0 bridgehead atoms. The highest BCUT2D eigenvalue weighted by Gasteiger charge is 2.35. The van der Waals surface area contributed by atoms with E-state index >= 15 is 0 Å². The zero-order valence-corrected chi connectivity index (χ0v) is 24.3. The second-order valence-corrected chi connectivity index (χ2v) is 11.5. The lowest BCUT2D eigenvalue weighted by molar-refractivity contribution is -0.384. The monoisotopic (exact) mass is 598 g/mol. The van der Waals surface area contributed by atoms with Gasteiger partial charge in [-0.3, -0.25) is 14.9 Å². The summed E-state index contributed by atoms with van der Waals surface area (Å²) in [6.45, 7) is 5.06. The summed E-state index contributed by atoms with van der Waals surface area (Å²) in [5.41, 5.74) is 1.27. The molecule has 5 rings (SSSR count). The van der Waals surface area contributed by atoms with Crippen molar-refractivity contribution in [1.82, 2.24) is 0 Å². The van der Waals surface area contributed by atoms with E-state index in [1.54, 1.807) is 57.2 Å². The van der Waals surface area contributed by atoms with Crippen molar-refractivity contribution in [3.8, 4) is 11.3 Å². The summed E-state index contributed by atoms with van der Waals surface area (Å²) in [6.07, 6.45) is 0. The normalized spacial score (nSPS) is 11.3. The molecule has 0 aliphatic heterocycles. The number of benzene rings is 4. The van der Waals surface area contributed by atoms with Crippen molar-refractivity contribution >= 4 is 44.2 Å². The SMILES string of the molecule is CCOC(=O)c1c(-c2ccccc2)oc2ccc(N(C(=O)c3cccc([N+](=O)[O-])c3)S(=O)(=O)c3cc(C)ccc3C)cc12. The van der Waals surface area contributed by atoms with Gasteiger partial charge >= 0.3 is 5.97 Å². The molecule has 0 spiro atoms. The number of carbonyl (C=O) groups is 2. The second-order valence-electron chi connectivity index (χ2n) is 9.72. The molecule has 1 heterocycles. The van der Waals surface area contributed by atoms with Gasteiger partial charge in [0.2, 0.25) is 0 Å². The molecule has 0 aliphatic rings. The smallest absolute Gasteiger partial charge is 0.342 e. The quantitative estimate of drug-likeness (QED) is 0.108. The van der Waals surface area contributed by atoms with E-state index in [0.717, 1.165) is 6.07 Å². The first-order valence-corrected chi connectivity index (χ1v) is 14.7. The summed E-state index contributed by atoms with van der Waals surface area (Å²) >= 11 is 0. The van der Waals surface area contributed by atoms with E-state index in [2.05, 4.69) is 0 Å². The molecule has 10 nitrogen and oxygen atoms in total. The molecule has 5 aromatic rings. The van der Waals surface area contributed by atoms with Crippen LogP contribution in [0.5, 0.6) is 0 Å². The molecule has 1 aromatic heterocycles. The highest BCUT2D eigenvalue weighted by atomic mass is 32.2. The number of hydrogen-bond donors (Lipinski definition) is 0. The van der Waals surface area contributed by atoms with Gasteiger partial charge in [-0.15, -0.1) is 0 Å². The third-order valence-electron chi connectivity index (χ3n) is 6.77. The summed E-state index contributed by atoms with van der Waals surface area (Å²) < 4.78 is 40.5. The molecular weight excluding hydrogens is 572 g/mol. The van der Waals surface area contributed by atoms with Gasteiger partial charge in [0, 0.05) is 28.6 Å². The summed E-state index contributed by atoms with van der Waals surface area (Å²) in [7, 11) is -4.58. The number of furan rings is 1. The topological polar surface area (TPSA) is 137 Å². The minimum atomic E-state index is -4.58. The molecule has 43 heavy (non-hydrogen) atoms. The van der Waals surface area contributed by atoms with Crippen LogP contribution in [0.3, 0.4) is 0 Å². The van der Waals surface area contributed by atoms with Crippen LogP contribution in [-0.2, 0) is 14.8 Å². The third kappa shape index (κ3) is 5.50. The van der Waals surface area contributed by atoms with Crippen molar-refractivity contribution in [2.75, 3.05) is 10.9 Å². The van der Waals surface area contributed by atoms with Gasteiger partial charge in [0.15, 0.2) is 0 Å². The van der Waals surface area contributed by atoms with Crippen LogP contribution in [0.15, 0.2) is 100 Å². The Morgan fingerprint density at radius 2 is 1.67 bits per heavy atom. The number of anilines is 1. The van der Waals surface area contributed by atoms with Crippen molar-refractivity contribution in [3.05, 3.63) is 123 Å². The van der Waals surface area contributed by atoms with E-state index < -0.39 is 26.8 Å². The van der Waals surface area contributed by atoms with Crippen LogP contribution in [0.1, 0.15) is 38.8 Å². The molecule has 4 aromatic carbocycles. The second kappa shape index (κ2) is 11.5. The van der Waals surface area contributed by atoms with Crippen LogP contribution in [0.4, 0.5) is 11.4 Å². The number of carbonyl (C=O) groups excluding carboxylic acids is 2. The number of esters is 1. The van der Waals surface area contributed by atoms with Gasteiger partial charge in [-0.25, -0.2) is 13.2 Å². The van der Waals surface area contributed by atoms with E-state index in [-0.39, 0.29) is 50.7 Å². The van der Waals surface area contributed by atoms with Crippen LogP contribution in [0.2, 0.25) is 0 Å². The van der Waals surface area contributed by atoms with E-state index in [1.807, 2.05) is 6.07 Å². The predicted octanol–water partition coefficient (Wildman–Crippen LogP) is 6.84. The van der Waals surface area contributed by atoms with Crippen LogP contribution >= 0.6 is 0 Å². The highest BCUT2D eigenvalue weighted by Crippen LogP contribution is 2.38. The summed E-state index contributed by atoms with van der Waals surface area (Å²) in [4.78, 5) is 37.9. The Morgan fingerprint density at radius 3 is 2.37 bits per heavy atom. The zero-order valence-electron chi connectivity index (χ0n) is 23.4. The molecule has 0 saturated heterocycles. The average molecular weight is 599 g/mol. The van der Waals surface area contributed by atoms with Crippen LogP contribution in [0.25, 0.3) is 22.3 Å². The maximum atomic E-state index is 14.3. The largest absolute Gasteiger partial charge is 0.462 e. The molecule has 1 amide bonds. The van der Waals surface area contributed by atoms with Crippen LogP contribution < -0.4 is 4.31 Å². The number of sulfonamides is 1. The maximum absolute atomic E-state index is 14.3. The lowest BCUT2D eigenvalue weighted by atomic mass is 10.1. The molecule has 0 fully saturated rings. The third-order valence-corrected chi connectivity index (χ3v) is 8.62. The summed E-state index contributed by atoms with van der Waals surface area (Å²) in [5, 5.41) is 11.7. The Morgan fingerprint density at radius 1 is 0.930 bits per heavy atom. The molecule has 0 radical (unpaired) electrons. The lowest BCUT2D eigenvalue weighted by Crippen LogP contribution is -2.37. The first-order valence-electron chi connectivity index (χ1n) is 13.2. The number of rotatable bonds is 8. The Bertz CT molecular complexity index is 2000. The Balaban J connectivity index is 1.78. The molecular formula is C32H26N2O8S. The standard InChI is InChI=1S/C32H26N2O8S/c1-4-41-32(36)29-26-19-24(15-16-27(26)42-30(29)22-9-6-5-7-10-22)33(31(35)23-11-8-12-25(18-23)34(37)38)43(39,40)28-17-20(2)13-14-21(28)3/h5-19H,4H2,1-3H3. The summed E-state index contributed by atoms with van der Waals surface area (Å²) in [6, 6.07) is 22.7. The van der Waals surface area contributed by atoms with E-state index in [9.17, 15) is 28.1 Å². The Hall–Kier alpha value is -5.29. The van der Waals surface area contributed by atoms with Crippen LogP contribution in [0, 0.1) is 24.0 Å². The zero-order chi connectivity index (χ0) is 30.9. The van der Waals surface area contributed by atoms with Crippen LogP contribution in [-0.4, -0.2) is 31.8 Å². The molecule has 0 aliphatic carbocycles. The number of hydrogen-bond acceptors (Lipinski definition) is 8. The molecule has 0 N–H and O–H groups in total. The number of amides is 1. The van der Waals surface area contributed by atoms with Gasteiger partial charge in [0.25, 0.3) is 21.6 Å². The number of fused-ring (bicyclic) bond motifs is 1. The minimum absolute atomic E-state index is 0.0665. The number of nitrogens with zero attached hydrogens (tertiary/aromatic N) is 2. The average Bonchev–Trinajstić information content (AvgIpc) is 3.38. The van der Waals surface area contributed by atoms with E-state index in [4.69, 9.17) is 9.15 Å². The molecule has 0 atom stereocenters. The predicted molar refractivity (Wildman–Crippen MR) is 161 cm³/mol. The van der Waals surface area contributed by atoms with Gasteiger partial charge < -0.3 is 9.15 Å². The fourth-order valence-corrected chi connectivity index (χ4v) is 6.45. The summed E-state index contributed by atoms with van der Waals surface area (Å²) in [5.74, 6) is -1.49. The van der Waals surface area contributed by atoms with Crippen molar-refractivity contribution in [2.24, 2.45) is 0 Å². The Labute approximate surface area is 247 Å². The van der Waals surface area contributed by atoms with E-state index in [0.29, 0.717) is 21.0 Å². The number of nitro benzene ring substituents is 1. The van der Waals surface area contributed by atoms with Crippen molar-refractivity contribution in [2.45, 2.75) is 25.7 Å². The fourth-order valence-electron chi connectivity index (χ4n) is 4.73. The molecule has 11 heteroatoms. The number of aryl methyl sites for hydroxylation is 2. The molecule has 0 saturated carbocycles. The number of ether oxygens (including phenoxy) is 1. The number of nitro groups is 1. The van der Waals surface area contributed by atoms with Crippen molar-refractivity contribution in [3.63, 3.8) is 0 Å². The molecule has 218 valence electrons. The fraction of sp³-hybridized carbons (Fsp3) is 0.125. The highest BCUT2D eigenvalue weighted by molar-refractivity contribution is 7.93. The van der Waals surface area contributed by atoms with Gasteiger partial charge in [-0.05, 0) is 62.2 Å². The number of non-ortho nitro benzene ring substituents is 1. The van der Waals surface area contributed by atoms with Gasteiger partial charge in [0.05, 0.1) is 22.1 Å². The Kier molecular flexibility index (Phi) is 7.83. The minimum Gasteiger partial charge on any atom is -0.462 e. The van der Waals surface area contributed by atoms with Gasteiger partial charge in [-0.2, -0.15) is 4.31 Å².